The maximum atomic E-state index is 12.7. The number of amides is 2. The summed E-state index contributed by atoms with van der Waals surface area (Å²) in [6, 6.07) is 14.4. The molecule has 5 saturated heterocycles. The van der Waals surface area contributed by atoms with Crippen LogP contribution in [0.4, 0.5) is 41.6 Å². The molecule has 1 aromatic carbocycles. The number of hydrogen-bond acceptors (Lipinski definition) is 20. The number of carbonyl (C=O) groups is 4. The number of ketones is 2. The van der Waals surface area contributed by atoms with Crippen LogP contribution in [-0.4, -0.2) is 238 Å². The minimum Gasteiger partial charge on any atom is -0.493 e. The number of ether oxygens (including phenoxy) is 7. The van der Waals surface area contributed by atoms with Gasteiger partial charge in [0.1, 0.15) is 80.6 Å². The van der Waals surface area contributed by atoms with Crippen LogP contribution in [0.1, 0.15) is 139 Å². The SMILES string of the molecule is CC(C)(C)OC(=O)N1CC(C(=O)CBr)C1.CCOc1cc(N)ccc1Br.CCOc1cc2nc(C3CN(C(=O)OC(C)(C)C)C3)cn2cc1Br.CCOc1cc2nc(C3CN(CC(F)F)C3)cn2cc1Br.CCOc1cc2nc(C3CN(CC(F)F)C3)cn2cc1CC(=O)c1ccn(CC(F)F)n1.CCOc1cc2nc(C3CNC3)cn2cc1Br. The van der Waals surface area contributed by atoms with Gasteiger partial charge in [0.2, 0.25) is 0 Å². The number of rotatable bonds is 25. The summed E-state index contributed by atoms with van der Waals surface area (Å²) in [7, 11) is 0. The molecule has 38 heteroatoms. The van der Waals surface area contributed by atoms with E-state index in [-0.39, 0.29) is 72.6 Å². The van der Waals surface area contributed by atoms with E-state index in [0.717, 1.165) is 104 Å². The summed E-state index contributed by atoms with van der Waals surface area (Å²) < 4.78 is 125. The van der Waals surface area contributed by atoms with E-state index >= 15 is 0 Å². The van der Waals surface area contributed by atoms with Crippen molar-refractivity contribution in [3.63, 3.8) is 0 Å². The number of Topliss-reactive ketones (excluding diaryl/α,β-unsaturated/α-hetero) is 2. The number of alkyl halides is 7. The van der Waals surface area contributed by atoms with E-state index in [1.165, 1.54) is 12.3 Å². The molecular formula is C82H101Br5F6N16O11. The number of hydrogen-bond donors (Lipinski definition) is 2. The van der Waals surface area contributed by atoms with E-state index in [0.29, 0.717) is 114 Å². The van der Waals surface area contributed by atoms with Crippen molar-refractivity contribution in [2.75, 3.05) is 123 Å². The number of halogens is 11. The zero-order valence-electron chi connectivity index (χ0n) is 68.6. The van der Waals surface area contributed by atoms with Gasteiger partial charge in [-0.3, -0.25) is 24.1 Å². The van der Waals surface area contributed by atoms with Gasteiger partial charge in [0, 0.05) is 193 Å². The van der Waals surface area contributed by atoms with E-state index in [2.05, 4.69) is 116 Å². The predicted molar refractivity (Wildman–Crippen MR) is 461 cm³/mol. The lowest BCUT2D eigenvalue weighted by Crippen LogP contribution is -2.54. The molecule has 0 atom stereocenters. The highest BCUT2D eigenvalue weighted by molar-refractivity contribution is 9.11. The number of carbonyl (C=O) groups excluding carboxylic acids is 4. The van der Waals surface area contributed by atoms with E-state index in [1.54, 1.807) is 42.3 Å². The van der Waals surface area contributed by atoms with Crippen molar-refractivity contribution in [2.24, 2.45) is 5.92 Å². The van der Waals surface area contributed by atoms with Crippen LogP contribution < -0.4 is 34.7 Å². The summed E-state index contributed by atoms with van der Waals surface area (Å²) in [5.41, 5.74) is 13.2. The van der Waals surface area contributed by atoms with Gasteiger partial charge in [-0.1, -0.05) is 15.9 Å². The van der Waals surface area contributed by atoms with Gasteiger partial charge in [-0.15, -0.1) is 0 Å². The quantitative estimate of drug-likeness (QED) is 0.0233. The molecule has 5 fully saturated rings. The number of fused-ring (bicyclic) bond motifs is 4. The van der Waals surface area contributed by atoms with Crippen molar-refractivity contribution in [2.45, 2.75) is 143 Å². The van der Waals surface area contributed by atoms with Gasteiger partial charge in [0.25, 0.3) is 19.3 Å². The lowest BCUT2D eigenvalue weighted by Gasteiger charge is -2.38. The highest BCUT2D eigenvalue weighted by Gasteiger charge is 2.39. The van der Waals surface area contributed by atoms with Crippen LogP contribution in [0.3, 0.4) is 0 Å². The second kappa shape index (κ2) is 42.7. The number of anilines is 1. The first kappa shape index (κ1) is 94.0. The third-order valence-corrected chi connectivity index (χ3v) is 22.1. The number of likely N-dealkylation sites (tertiary alicyclic amines) is 4. The molecule has 3 N–H and O–H groups in total. The molecule has 15 rings (SSSR count). The Labute approximate surface area is 734 Å². The second-order valence-electron chi connectivity index (χ2n) is 30.8. The summed E-state index contributed by atoms with van der Waals surface area (Å²) in [5.74, 6) is 4.62. The first-order valence-corrected chi connectivity index (χ1v) is 43.7. The van der Waals surface area contributed by atoms with Crippen LogP contribution in [0, 0.1) is 5.92 Å². The molecule has 0 bridgehead atoms. The molecule has 27 nitrogen and oxygen atoms in total. The first-order chi connectivity index (χ1) is 57.0. The Morgan fingerprint density at radius 1 is 0.475 bits per heavy atom. The fraction of sp³-hybridized carbons (Fsp3) is 0.500. The number of imidazole rings is 4. The Morgan fingerprint density at radius 2 is 0.842 bits per heavy atom. The molecule has 652 valence electrons. The molecule has 0 radical (unpaired) electrons. The van der Waals surface area contributed by atoms with Gasteiger partial charge in [0.15, 0.2) is 5.78 Å². The van der Waals surface area contributed by atoms with Crippen LogP contribution in [0.5, 0.6) is 28.7 Å². The summed E-state index contributed by atoms with van der Waals surface area (Å²) in [6.07, 6.45) is 9.07. The van der Waals surface area contributed by atoms with Crippen molar-refractivity contribution in [1.82, 2.24) is 72.2 Å². The average molecular weight is 2000 g/mol. The summed E-state index contributed by atoms with van der Waals surface area (Å²) in [6.45, 7) is 29.3. The molecule has 10 aromatic rings. The molecule has 120 heavy (non-hydrogen) atoms. The standard InChI is InChI=1S/C21H23F4N5O2.C17H22BrN3O3.C14H16BrF2N3O.C12H14BrN3O.C10H16BrNO3.C8H10BrNO/c1-2-32-18-6-21-26-16(14-7-28(8-14)11-19(22)23)10-29(21)9-13(18)5-17(31)15-3-4-30(27-15)12-20(24)25;1-5-23-14-6-15-19-13(10-20(15)9-12(14)18)11-7-21(8-11)16(22)24-17(2,3)4;1-2-21-12-3-14-18-11(7-20(14)6-10(12)15)9-4-19(5-9)8-13(16)17;1-2-17-11-3-12-15-10(8-4-14-5-8)7-16(12)6-9(11)13;1-10(2,3)15-9(14)12-5-7(6-12)8(13)4-11;1-2-11-8-5-6(10)3-4-7(8)9/h3-4,6,9-10,14,19-20H,2,5,7-8,11-12H2,1H3;6,9-11H,5,7-8H2,1-4H3;3,6-7,9,13H,2,4-5,8H2,1H3;3,6-8,14H,2,4-5H2,1H3;7H,4-6H2,1-3H3;3-5H,2,10H2,1H3. The van der Waals surface area contributed by atoms with Crippen LogP contribution in [-0.2, 0) is 27.2 Å². The van der Waals surface area contributed by atoms with Crippen LogP contribution >= 0.6 is 79.6 Å². The Bertz CT molecular complexity index is 5110. The molecule has 0 saturated carbocycles. The number of nitrogens with zero attached hydrogens (tertiary/aromatic N) is 14. The average Bonchev–Trinajstić information content (AvgIpc) is 1.28. The van der Waals surface area contributed by atoms with Gasteiger partial charge in [-0.05, 0) is 158 Å². The van der Waals surface area contributed by atoms with Gasteiger partial charge in [-0.25, -0.2) is 55.9 Å². The van der Waals surface area contributed by atoms with Gasteiger partial charge in [0.05, 0.1) is 98.0 Å². The second-order valence-corrected chi connectivity index (χ2v) is 34.8. The van der Waals surface area contributed by atoms with E-state index in [9.17, 15) is 45.5 Å². The van der Waals surface area contributed by atoms with Crippen molar-refractivity contribution in [3.05, 3.63) is 156 Å². The molecular weight excluding hydrogens is 1900 g/mol. The summed E-state index contributed by atoms with van der Waals surface area (Å²) in [4.78, 5) is 72.6. The molecule has 0 unspecified atom stereocenters. The minimum absolute atomic E-state index is 0.0168. The van der Waals surface area contributed by atoms with Crippen LogP contribution in [0.15, 0.2) is 122 Å². The highest BCUT2D eigenvalue weighted by atomic mass is 79.9. The Hall–Kier alpha value is -8.27. The van der Waals surface area contributed by atoms with Crippen molar-refractivity contribution in [1.29, 1.82) is 0 Å². The monoisotopic (exact) mass is 1990 g/mol. The van der Waals surface area contributed by atoms with Gasteiger partial charge < -0.3 is 71.6 Å². The summed E-state index contributed by atoms with van der Waals surface area (Å²) >= 11 is 16.9. The van der Waals surface area contributed by atoms with E-state index < -0.39 is 37.0 Å². The Morgan fingerprint density at radius 3 is 1.22 bits per heavy atom. The lowest BCUT2D eigenvalue weighted by atomic mass is 9.97. The van der Waals surface area contributed by atoms with Crippen molar-refractivity contribution >= 4 is 132 Å². The molecule has 14 heterocycles. The minimum atomic E-state index is -2.56. The van der Waals surface area contributed by atoms with Crippen molar-refractivity contribution < 1.29 is 78.7 Å². The fourth-order valence-electron chi connectivity index (χ4n) is 13.0. The topological polar surface area (TPSA) is 271 Å². The molecule has 5 aliphatic heterocycles. The van der Waals surface area contributed by atoms with Crippen molar-refractivity contribution in [3.8, 4) is 28.7 Å². The van der Waals surface area contributed by atoms with Crippen LogP contribution in [0.2, 0.25) is 0 Å². The predicted octanol–water partition coefficient (Wildman–Crippen LogP) is 16.7. The molecule has 0 aliphatic carbocycles. The van der Waals surface area contributed by atoms with E-state index in [4.69, 9.17) is 38.9 Å². The summed E-state index contributed by atoms with van der Waals surface area (Å²) in [5, 5.41) is 7.55. The largest absolute Gasteiger partial charge is 0.493 e. The molecule has 2 amide bonds. The number of nitrogens with one attached hydrogen (secondary N) is 1. The fourth-order valence-corrected chi connectivity index (χ4v) is 15.2. The lowest BCUT2D eigenvalue weighted by molar-refractivity contribution is -0.124. The molecule has 9 aromatic heterocycles. The Kier molecular flexibility index (Phi) is 33.4. The number of aromatic nitrogens is 10. The van der Waals surface area contributed by atoms with Gasteiger partial charge >= 0.3 is 12.2 Å². The molecule has 5 aliphatic rings. The van der Waals surface area contributed by atoms with Gasteiger partial charge in [-0.2, -0.15) is 5.10 Å². The third kappa shape index (κ3) is 26.1. The van der Waals surface area contributed by atoms with Crippen LogP contribution in [0.25, 0.3) is 22.6 Å². The number of nitrogen functional groups attached to an aromatic ring is 1. The number of pyridine rings is 4. The molecule has 0 spiro atoms. The third-order valence-electron chi connectivity index (χ3n) is 19.1. The normalized spacial score (nSPS) is 15.3. The first-order valence-electron chi connectivity index (χ1n) is 39.4. The Balaban J connectivity index is 0.000000156. The zero-order valence-corrected chi connectivity index (χ0v) is 76.5. The number of nitrogens with two attached hydrogens (primary N) is 1. The van der Waals surface area contributed by atoms with E-state index in [1.807, 2.05) is 157 Å². The maximum absolute atomic E-state index is 12.7. The highest BCUT2D eigenvalue weighted by Crippen LogP contribution is 2.36. The maximum Gasteiger partial charge on any atom is 0.410 e. The smallest absolute Gasteiger partial charge is 0.410 e. The number of benzene rings is 1. The zero-order chi connectivity index (χ0) is 87.0.